The third-order valence-electron chi connectivity index (χ3n) is 2.83. The minimum atomic E-state index is -0.0620. The van der Waals surface area contributed by atoms with Crippen LogP contribution in [-0.4, -0.2) is 12.5 Å². The van der Waals surface area contributed by atoms with Gasteiger partial charge in [0.1, 0.15) is 0 Å². The second-order valence-electron chi connectivity index (χ2n) is 3.60. The molecule has 3 heteroatoms. The van der Waals surface area contributed by atoms with Crippen molar-refractivity contribution in [2.45, 2.75) is 25.7 Å². The lowest BCUT2D eigenvalue weighted by atomic mass is 9.82. The molecule has 2 rings (SSSR count). The molecule has 1 heterocycles. The Morgan fingerprint density at radius 2 is 2.15 bits per heavy atom. The van der Waals surface area contributed by atoms with Crippen molar-refractivity contribution in [1.29, 1.82) is 5.26 Å². The fourth-order valence-corrected chi connectivity index (χ4v) is 2.12. The summed E-state index contributed by atoms with van der Waals surface area (Å²) in [5.74, 6) is -0.00537. The van der Waals surface area contributed by atoms with Gasteiger partial charge in [0.15, 0.2) is 0 Å². The van der Waals surface area contributed by atoms with Gasteiger partial charge in [-0.1, -0.05) is 0 Å². The quantitative estimate of drug-likeness (QED) is 0.601. The highest BCUT2D eigenvalue weighted by atomic mass is 16.1. The molecule has 1 aliphatic heterocycles. The first-order valence-electron chi connectivity index (χ1n) is 4.72. The van der Waals surface area contributed by atoms with Gasteiger partial charge < -0.3 is 5.32 Å². The molecule has 0 saturated heterocycles. The van der Waals surface area contributed by atoms with Crippen LogP contribution < -0.4 is 5.32 Å². The molecule has 1 aliphatic carbocycles. The molecule has 0 aromatic carbocycles. The van der Waals surface area contributed by atoms with Crippen LogP contribution in [0.15, 0.2) is 11.1 Å². The number of carbonyl (C=O) groups excluding carboxylic acids is 1. The third kappa shape index (κ3) is 1.33. The second kappa shape index (κ2) is 3.21. The molecular formula is C10H12N2O. The van der Waals surface area contributed by atoms with Gasteiger partial charge in [0.25, 0.3) is 0 Å². The van der Waals surface area contributed by atoms with E-state index in [1.807, 2.05) is 0 Å². The highest BCUT2D eigenvalue weighted by molar-refractivity contribution is 5.95. The molecule has 0 radical (unpaired) electrons. The van der Waals surface area contributed by atoms with Crippen molar-refractivity contribution >= 4 is 5.91 Å². The van der Waals surface area contributed by atoms with Crippen molar-refractivity contribution in [2.75, 3.05) is 6.54 Å². The molecule has 2 aliphatic rings. The Hall–Kier alpha value is -1.30. The summed E-state index contributed by atoms with van der Waals surface area (Å²) in [5.41, 5.74) is 2.00. The number of nitrogens with zero attached hydrogens (tertiary/aromatic N) is 1. The fourth-order valence-electron chi connectivity index (χ4n) is 2.12. The van der Waals surface area contributed by atoms with Crippen LogP contribution >= 0.6 is 0 Å². The van der Waals surface area contributed by atoms with E-state index in [0.717, 1.165) is 36.8 Å². The molecule has 1 unspecified atom stereocenters. The predicted molar refractivity (Wildman–Crippen MR) is 47.6 cm³/mol. The fraction of sp³-hybridized carbons (Fsp3) is 0.600. The van der Waals surface area contributed by atoms with Gasteiger partial charge in [0.05, 0.1) is 12.0 Å². The third-order valence-corrected chi connectivity index (χ3v) is 2.83. The molecular weight excluding hydrogens is 164 g/mol. The first kappa shape index (κ1) is 8.31. The van der Waals surface area contributed by atoms with Gasteiger partial charge in [0.2, 0.25) is 5.91 Å². The van der Waals surface area contributed by atoms with E-state index < -0.39 is 0 Å². The Labute approximate surface area is 77.4 Å². The van der Waals surface area contributed by atoms with Crippen LogP contribution in [0.1, 0.15) is 25.7 Å². The average molecular weight is 176 g/mol. The SMILES string of the molecule is N#CC1CNC(=O)C2=C1CCCC2. The van der Waals surface area contributed by atoms with Crippen LogP contribution in [0, 0.1) is 17.2 Å². The number of amides is 1. The molecule has 0 aromatic rings. The van der Waals surface area contributed by atoms with Crippen molar-refractivity contribution in [3.05, 3.63) is 11.1 Å². The number of nitriles is 1. The Morgan fingerprint density at radius 1 is 1.38 bits per heavy atom. The van der Waals surface area contributed by atoms with Gasteiger partial charge in [-0.05, 0) is 31.3 Å². The maximum atomic E-state index is 11.4. The molecule has 68 valence electrons. The van der Waals surface area contributed by atoms with E-state index in [1.165, 1.54) is 0 Å². The largest absolute Gasteiger partial charge is 0.351 e. The summed E-state index contributed by atoms with van der Waals surface area (Å²) in [7, 11) is 0. The number of hydrogen-bond acceptors (Lipinski definition) is 2. The second-order valence-corrected chi connectivity index (χ2v) is 3.60. The molecule has 13 heavy (non-hydrogen) atoms. The van der Waals surface area contributed by atoms with E-state index in [0.29, 0.717) is 6.54 Å². The van der Waals surface area contributed by atoms with Gasteiger partial charge in [-0.15, -0.1) is 0 Å². The number of carbonyl (C=O) groups is 1. The van der Waals surface area contributed by atoms with Gasteiger partial charge in [0, 0.05) is 12.1 Å². The lowest BCUT2D eigenvalue weighted by Crippen LogP contribution is -2.38. The highest BCUT2D eigenvalue weighted by Crippen LogP contribution is 2.31. The maximum Gasteiger partial charge on any atom is 0.247 e. The summed E-state index contributed by atoms with van der Waals surface area (Å²) in [6, 6.07) is 2.25. The summed E-state index contributed by atoms with van der Waals surface area (Å²) < 4.78 is 0. The molecule has 3 nitrogen and oxygen atoms in total. The molecule has 1 atom stereocenters. The van der Waals surface area contributed by atoms with Crippen LogP contribution in [0.2, 0.25) is 0 Å². The van der Waals surface area contributed by atoms with Crippen molar-refractivity contribution in [3.63, 3.8) is 0 Å². The first-order valence-corrected chi connectivity index (χ1v) is 4.72. The smallest absolute Gasteiger partial charge is 0.247 e. The zero-order valence-corrected chi connectivity index (χ0v) is 7.47. The highest BCUT2D eigenvalue weighted by Gasteiger charge is 2.29. The normalized spacial score (nSPS) is 27.6. The van der Waals surface area contributed by atoms with Gasteiger partial charge in [-0.25, -0.2) is 0 Å². The Kier molecular flexibility index (Phi) is 2.05. The van der Waals surface area contributed by atoms with Gasteiger partial charge >= 0.3 is 0 Å². The summed E-state index contributed by atoms with van der Waals surface area (Å²) in [6.45, 7) is 0.508. The van der Waals surface area contributed by atoms with E-state index in [4.69, 9.17) is 5.26 Å². The molecule has 0 saturated carbocycles. The minimum Gasteiger partial charge on any atom is -0.351 e. The molecule has 0 fully saturated rings. The zero-order chi connectivity index (χ0) is 9.26. The summed E-state index contributed by atoms with van der Waals surface area (Å²) in [4.78, 5) is 11.4. The summed E-state index contributed by atoms with van der Waals surface area (Å²) in [6.07, 6.45) is 4.02. The molecule has 1 amide bonds. The summed E-state index contributed by atoms with van der Waals surface area (Å²) in [5, 5.41) is 11.6. The van der Waals surface area contributed by atoms with E-state index in [-0.39, 0.29) is 11.8 Å². The van der Waals surface area contributed by atoms with E-state index in [1.54, 1.807) is 0 Å². The Balaban J connectivity index is 2.36. The van der Waals surface area contributed by atoms with Crippen molar-refractivity contribution < 1.29 is 4.79 Å². The monoisotopic (exact) mass is 176 g/mol. The lowest BCUT2D eigenvalue weighted by Gasteiger charge is -2.27. The van der Waals surface area contributed by atoms with Crippen LogP contribution in [0.4, 0.5) is 0 Å². The average Bonchev–Trinajstić information content (AvgIpc) is 2.19. The van der Waals surface area contributed by atoms with Crippen molar-refractivity contribution in [2.24, 2.45) is 5.92 Å². The molecule has 0 aromatic heterocycles. The first-order chi connectivity index (χ1) is 6.33. The number of hydrogen-bond donors (Lipinski definition) is 1. The van der Waals surface area contributed by atoms with Crippen LogP contribution in [0.5, 0.6) is 0 Å². The van der Waals surface area contributed by atoms with Gasteiger partial charge in [-0.3, -0.25) is 4.79 Å². The Morgan fingerprint density at radius 3 is 2.92 bits per heavy atom. The van der Waals surface area contributed by atoms with Crippen LogP contribution in [0.25, 0.3) is 0 Å². The Bertz CT molecular complexity index is 311. The van der Waals surface area contributed by atoms with E-state index in [2.05, 4.69) is 11.4 Å². The predicted octanol–water partition coefficient (Wildman–Crippen LogP) is 1.13. The van der Waals surface area contributed by atoms with E-state index >= 15 is 0 Å². The molecule has 0 spiro atoms. The number of nitrogens with one attached hydrogen (secondary N) is 1. The molecule has 0 bridgehead atoms. The van der Waals surface area contributed by atoms with Crippen molar-refractivity contribution in [1.82, 2.24) is 5.32 Å². The number of rotatable bonds is 0. The topological polar surface area (TPSA) is 52.9 Å². The van der Waals surface area contributed by atoms with Crippen LogP contribution in [0.3, 0.4) is 0 Å². The van der Waals surface area contributed by atoms with Crippen molar-refractivity contribution in [3.8, 4) is 6.07 Å². The zero-order valence-electron chi connectivity index (χ0n) is 7.47. The standard InChI is InChI=1S/C10H12N2O/c11-5-7-6-12-10(13)9-4-2-1-3-8(7)9/h7H,1-4,6H2,(H,12,13). The lowest BCUT2D eigenvalue weighted by molar-refractivity contribution is -0.118. The minimum absolute atomic E-state index is 0.0567. The van der Waals surface area contributed by atoms with Gasteiger partial charge in [-0.2, -0.15) is 5.26 Å². The van der Waals surface area contributed by atoms with Crippen LogP contribution in [-0.2, 0) is 4.79 Å². The van der Waals surface area contributed by atoms with E-state index in [9.17, 15) is 4.79 Å². The summed E-state index contributed by atoms with van der Waals surface area (Å²) >= 11 is 0. The molecule has 1 N–H and O–H groups in total. The maximum absolute atomic E-state index is 11.4.